The largest absolute Gasteiger partial charge is 0.378 e. The SMILES string of the molecule is CC1(C)C(=O)C(C#N)C[C@@]2(C)CN(C3COC3)CC[C@H]12. The molecule has 0 spiro atoms. The summed E-state index contributed by atoms with van der Waals surface area (Å²) >= 11 is 0. The highest BCUT2D eigenvalue weighted by Gasteiger charge is 2.57. The number of Topliss-reactive ketones (excluding diaryl/α,β-unsaturated/α-hetero) is 1. The number of nitrogens with zero attached hydrogens (tertiary/aromatic N) is 2. The van der Waals surface area contributed by atoms with Gasteiger partial charge in [0.05, 0.1) is 25.3 Å². The van der Waals surface area contributed by atoms with Gasteiger partial charge in [0.25, 0.3) is 0 Å². The van der Waals surface area contributed by atoms with Gasteiger partial charge in [0.2, 0.25) is 0 Å². The maximum Gasteiger partial charge on any atom is 0.155 e. The van der Waals surface area contributed by atoms with E-state index in [-0.39, 0.29) is 16.6 Å². The normalized spacial score (nSPS) is 41.6. The molecule has 4 heteroatoms. The molecule has 0 aromatic carbocycles. The predicted molar refractivity (Wildman–Crippen MR) is 74.9 cm³/mol. The standard InChI is InChI=1S/C16H24N2O2/c1-15(2)13-4-5-18(12-8-20-9-12)10-16(13,3)6-11(7-17)14(15)19/h11-13H,4-6,8-10H2,1-3H3/t11?,13-,16+/m1/s1. The summed E-state index contributed by atoms with van der Waals surface area (Å²) in [6.07, 6.45) is 1.78. The number of hydrogen-bond acceptors (Lipinski definition) is 4. The van der Waals surface area contributed by atoms with Crippen LogP contribution in [0.3, 0.4) is 0 Å². The Morgan fingerprint density at radius 1 is 1.35 bits per heavy atom. The predicted octanol–water partition coefficient (Wildman–Crippen LogP) is 1.85. The van der Waals surface area contributed by atoms with Gasteiger partial charge in [0.1, 0.15) is 5.92 Å². The summed E-state index contributed by atoms with van der Waals surface area (Å²) in [6.45, 7) is 10.1. The van der Waals surface area contributed by atoms with Gasteiger partial charge >= 0.3 is 0 Å². The van der Waals surface area contributed by atoms with Gasteiger partial charge < -0.3 is 4.74 Å². The summed E-state index contributed by atoms with van der Waals surface area (Å²) in [5.41, 5.74) is -0.290. The molecule has 0 radical (unpaired) electrons. The van der Waals surface area contributed by atoms with E-state index >= 15 is 0 Å². The van der Waals surface area contributed by atoms with Crippen molar-refractivity contribution in [3.8, 4) is 6.07 Å². The molecule has 0 aromatic heterocycles. The lowest BCUT2D eigenvalue weighted by Gasteiger charge is -2.57. The molecular formula is C16H24N2O2. The third-order valence-electron chi connectivity index (χ3n) is 5.90. The number of piperidine rings is 1. The van der Waals surface area contributed by atoms with Crippen molar-refractivity contribution in [3.05, 3.63) is 0 Å². The highest BCUT2D eigenvalue weighted by atomic mass is 16.5. The summed E-state index contributed by atoms with van der Waals surface area (Å²) < 4.78 is 5.31. The zero-order valence-corrected chi connectivity index (χ0v) is 12.7. The number of carbonyl (C=O) groups excluding carboxylic acids is 1. The number of ketones is 1. The summed E-state index contributed by atoms with van der Waals surface area (Å²) in [5.74, 6) is 0.121. The van der Waals surface area contributed by atoms with Crippen molar-refractivity contribution < 1.29 is 9.53 Å². The molecule has 2 saturated heterocycles. The Kier molecular flexibility index (Phi) is 3.19. The fourth-order valence-corrected chi connectivity index (χ4v) is 4.77. The average Bonchev–Trinajstić information content (AvgIpc) is 2.31. The summed E-state index contributed by atoms with van der Waals surface area (Å²) in [6, 6.07) is 2.80. The van der Waals surface area contributed by atoms with E-state index in [2.05, 4.69) is 17.9 Å². The molecule has 4 nitrogen and oxygen atoms in total. The fraction of sp³-hybridized carbons (Fsp3) is 0.875. The maximum atomic E-state index is 12.5. The lowest BCUT2D eigenvalue weighted by atomic mass is 9.51. The first kappa shape index (κ1) is 14.0. The van der Waals surface area contributed by atoms with Crippen LogP contribution in [0.15, 0.2) is 0 Å². The van der Waals surface area contributed by atoms with Crippen molar-refractivity contribution in [2.45, 2.75) is 39.7 Å². The zero-order chi connectivity index (χ0) is 14.5. The van der Waals surface area contributed by atoms with Crippen LogP contribution in [0.1, 0.15) is 33.6 Å². The molecule has 1 unspecified atom stereocenters. The monoisotopic (exact) mass is 276 g/mol. The second kappa shape index (κ2) is 4.54. The van der Waals surface area contributed by atoms with Gasteiger partial charge in [-0.3, -0.25) is 9.69 Å². The highest BCUT2D eigenvalue weighted by Crippen LogP contribution is 2.55. The summed E-state index contributed by atoms with van der Waals surface area (Å²) in [7, 11) is 0. The van der Waals surface area contributed by atoms with Crippen LogP contribution in [0.25, 0.3) is 0 Å². The van der Waals surface area contributed by atoms with Crippen molar-refractivity contribution >= 4 is 5.78 Å². The Morgan fingerprint density at radius 3 is 2.60 bits per heavy atom. The van der Waals surface area contributed by atoms with Crippen molar-refractivity contribution in [1.82, 2.24) is 4.90 Å². The van der Waals surface area contributed by atoms with Crippen molar-refractivity contribution in [2.24, 2.45) is 22.7 Å². The Labute approximate surface area is 121 Å². The van der Waals surface area contributed by atoms with Crippen LogP contribution < -0.4 is 0 Å². The molecule has 3 aliphatic rings. The van der Waals surface area contributed by atoms with Gasteiger partial charge in [0, 0.05) is 12.0 Å². The lowest BCUT2D eigenvalue weighted by Crippen LogP contribution is -2.62. The van der Waals surface area contributed by atoms with Crippen LogP contribution in [0.2, 0.25) is 0 Å². The van der Waals surface area contributed by atoms with Crippen LogP contribution in [-0.2, 0) is 9.53 Å². The number of fused-ring (bicyclic) bond motifs is 1. The van der Waals surface area contributed by atoms with Crippen molar-refractivity contribution in [2.75, 3.05) is 26.3 Å². The van der Waals surface area contributed by atoms with Gasteiger partial charge in [-0.2, -0.15) is 5.26 Å². The average molecular weight is 276 g/mol. The minimum absolute atomic E-state index is 0.0750. The molecule has 3 atom stereocenters. The maximum absolute atomic E-state index is 12.5. The third kappa shape index (κ3) is 1.91. The molecule has 2 aliphatic heterocycles. The first-order chi connectivity index (χ1) is 9.38. The Morgan fingerprint density at radius 2 is 2.05 bits per heavy atom. The summed E-state index contributed by atoms with van der Waals surface area (Å²) in [5, 5.41) is 9.33. The van der Waals surface area contributed by atoms with Crippen LogP contribution in [0.5, 0.6) is 0 Å². The molecule has 2 heterocycles. The van der Waals surface area contributed by atoms with E-state index in [0.29, 0.717) is 12.0 Å². The number of carbonyl (C=O) groups is 1. The Balaban J connectivity index is 1.86. The number of nitriles is 1. The van der Waals surface area contributed by atoms with Crippen LogP contribution in [-0.4, -0.2) is 43.0 Å². The topological polar surface area (TPSA) is 53.3 Å². The molecular weight excluding hydrogens is 252 g/mol. The van der Waals surface area contributed by atoms with E-state index < -0.39 is 5.92 Å². The number of ether oxygens (including phenoxy) is 1. The van der Waals surface area contributed by atoms with Crippen LogP contribution in [0, 0.1) is 34.0 Å². The van der Waals surface area contributed by atoms with Gasteiger partial charge in [-0.1, -0.05) is 20.8 Å². The van der Waals surface area contributed by atoms with E-state index in [1.807, 2.05) is 13.8 Å². The number of rotatable bonds is 1. The van der Waals surface area contributed by atoms with E-state index in [0.717, 1.165) is 39.1 Å². The zero-order valence-electron chi connectivity index (χ0n) is 12.7. The molecule has 1 saturated carbocycles. The van der Waals surface area contributed by atoms with E-state index in [1.54, 1.807) is 0 Å². The van der Waals surface area contributed by atoms with Gasteiger partial charge in [-0.05, 0) is 30.7 Å². The minimum atomic E-state index is -0.427. The molecule has 0 bridgehead atoms. The smallest absolute Gasteiger partial charge is 0.155 e. The highest BCUT2D eigenvalue weighted by molar-refractivity contribution is 5.89. The van der Waals surface area contributed by atoms with Crippen LogP contribution >= 0.6 is 0 Å². The molecule has 110 valence electrons. The lowest BCUT2D eigenvalue weighted by molar-refractivity contribution is -0.157. The molecule has 0 amide bonds. The number of likely N-dealkylation sites (tertiary alicyclic amines) is 1. The second-order valence-corrected chi connectivity index (χ2v) is 7.63. The van der Waals surface area contributed by atoms with Crippen molar-refractivity contribution in [3.63, 3.8) is 0 Å². The Hall–Kier alpha value is -0.920. The molecule has 1 aliphatic carbocycles. The van der Waals surface area contributed by atoms with Crippen LogP contribution in [0.4, 0.5) is 0 Å². The van der Waals surface area contributed by atoms with Gasteiger partial charge in [0.15, 0.2) is 5.78 Å². The van der Waals surface area contributed by atoms with E-state index in [9.17, 15) is 10.1 Å². The third-order valence-corrected chi connectivity index (χ3v) is 5.90. The molecule has 0 N–H and O–H groups in total. The fourth-order valence-electron chi connectivity index (χ4n) is 4.77. The first-order valence-corrected chi connectivity index (χ1v) is 7.64. The summed E-state index contributed by atoms with van der Waals surface area (Å²) in [4.78, 5) is 15.0. The molecule has 3 fully saturated rings. The molecule has 3 rings (SSSR count). The van der Waals surface area contributed by atoms with Gasteiger partial charge in [-0.15, -0.1) is 0 Å². The van der Waals surface area contributed by atoms with Crippen molar-refractivity contribution in [1.29, 1.82) is 5.26 Å². The Bertz CT molecular complexity index is 464. The first-order valence-electron chi connectivity index (χ1n) is 7.64. The quantitative estimate of drug-likeness (QED) is 0.733. The molecule has 20 heavy (non-hydrogen) atoms. The number of hydrogen-bond donors (Lipinski definition) is 0. The van der Waals surface area contributed by atoms with E-state index in [1.165, 1.54) is 0 Å². The van der Waals surface area contributed by atoms with E-state index in [4.69, 9.17) is 4.74 Å². The molecule has 0 aromatic rings. The van der Waals surface area contributed by atoms with Gasteiger partial charge in [-0.25, -0.2) is 0 Å². The second-order valence-electron chi connectivity index (χ2n) is 7.63. The minimum Gasteiger partial charge on any atom is -0.378 e.